The number of anilines is 1. The Bertz CT molecular complexity index is 295. The lowest BCUT2D eigenvalue weighted by atomic mass is 10.1. The summed E-state index contributed by atoms with van der Waals surface area (Å²) in [5, 5.41) is 6.29. The maximum absolute atomic E-state index is 5.11. The molecule has 1 rings (SSSR count). The Labute approximate surface area is 85.7 Å². The number of nitrogens with one attached hydrogen (secondary N) is 2. The fraction of sp³-hybridized carbons (Fsp3) is 0.333. The second-order valence-electron chi connectivity index (χ2n) is 3.03. The number of terminal acetylenes is 1. The second kappa shape index (κ2) is 6.06. The molecule has 14 heavy (non-hydrogen) atoms. The van der Waals surface area contributed by atoms with Gasteiger partial charge in [-0.15, -0.1) is 6.42 Å². The van der Waals surface area contributed by atoms with E-state index in [1.165, 1.54) is 5.56 Å². The first-order valence-electron chi connectivity index (χ1n) is 4.83. The number of rotatable bonds is 5. The minimum atomic E-state index is 0.597. The highest BCUT2D eigenvalue weighted by molar-refractivity contribution is 5.44. The van der Waals surface area contributed by atoms with Crippen LogP contribution in [0.25, 0.3) is 0 Å². The molecule has 2 N–H and O–H groups in total. The van der Waals surface area contributed by atoms with Gasteiger partial charge >= 0.3 is 0 Å². The van der Waals surface area contributed by atoms with E-state index in [2.05, 4.69) is 47.7 Å². The van der Waals surface area contributed by atoms with Gasteiger partial charge in [0, 0.05) is 5.69 Å². The van der Waals surface area contributed by atoms with Crippen LogP contribution in [0.3, 0.4) is 0 Å². The smallest absolute Gasteiger partial charge is 0.0660 e. The Hall–Kier alpha value is -1.46. The Morgan fingerprint density at radius 1 is 1.29 bits per heavy atom. The minimum Gasteiger partial charge on any atom is -0.372 e. The first-order valence-corrected chi connectivity index (χ1v) is 4.83. The van der Waals surface area contributed by atoms with Crippen LogP contribution in [0.4, 0.5) is 5.69 Å². The molecular formula is C12H16N2. The van der Waals surface area contributed by atoms with Crippen molar-refractivity contribution < 1.29 is 0 Å². The van der Waals surface area contributed by atoms with Crippen molar-refractivity contribution >= 4 is 5.69 Å². The van der Waals surface area contributed by atoms with Gasteiger partial charge in [0.25, 0.3) is 0 Å². The van der Waals surface area contributed by atoms with Gasteiger partial charge in [-0.2, -0.15) is 0 Å². The summed E-state index contributed by atoms with van der Waals surface area (Å²) in [7, 11) is 0. The lowest BCUT2D eigenvalue weighted by Crippen LogP contribution is -2.21. The zero-order chi connectivity index (χ0) is 10.2. The van der Waals surface area contributed by atoms with Crippen molar-refractivity contribution in [2.24, 2.45) is 0 Å². The first-order chi connectivity index (χ1) is 6.86. The normalized spacial score (nSPS) is 9.43. The Morgan fingerprint density at radius 3 is 2.57 bits per heavy atom. The standard InChI is InChI=1S/C12H16N2/c1-3-9-13-10-14-12-7-5-11(4-2)6-8-12/h1,5-8,13-14H,4,9-10H2,2H3. The summed E-state index contributed by atoms with van der Waals surface area (Å²) in [6, 6.07) is 8.42. The van der Waals surface area contributed by atoms with E-state index in [1.54, 1.807) is 0 Å². The zero-order valence-electron chi connectivity index (χ0n) is 8.51. The highest BCUT2D eigenvalue weighted by Crippen LogP contribution is 2.08. The molecule has 0 aromatic heterocycles. The van der Waals surface area contributed by atoms with E-state index in [1.807, 2.05) is 0 Å². The van der Waals surface area contributed by atoms with Gasteiger partial charge in [0.2, 0.25) is 0 Å². The minimum absolute atomic E-state index is 0.597. The third-order valence-corrected chi connectivity index (χ3v) is 2.01. The van der Waals surface area contributed by atoms with Crippen molar-refractivity contribution in [1.82, 2.24) is 5.32 Å². The van der Waals surface area contributed by atoms with E-state index in [4.69, 9.17) is 6.42 Å². The van der Waals surface area contributed by atoms with Gasteiger partial charge in [-0.05, 0) is 24.1 Å². The number of hydrogen-bond donors (Lipinski definition) is 2. The van der Waals surface area contributed by atoms with Crippen LogP contribution in [0.15, 0.2) is 24.3 Å². The Balaban J connectivity index is 2.33. The maximum atomic E-state index is 5.11. The molecule has 1 aromatic carbocycles. The molecule has 0 heterocycles. The predicted molar refractivity (Wildman–Crippen MR) is 61.1 cm³/mol. The van der Waals surface area contributed by atoms with Crippen LogP contribution in [-0.4, -0.2) is 13.2 Å². The van der Waals surface area contributed by atoms with Gasteiger partial charge in [-0.1, -0.05) is 25.0 Å². The monoisotopic (exact) mass is 188 g/mol. The van der Waals surface area contributed by atoms with Gasteiger partial charge in [-0.3, -0.25) is 5.32 Å². The second-order valence-corrected chi connectivity index (χ2v) is 3.03. The molecule has 0 saturated carbocycles. The molecule has 0 unspecified atom stereocenters. The highest BCUT2D eigenvalue weighted by atomic mass is 15.1. The van der Waals surface area contributed by atoms with Crippen molar-refractivity contribution in [3.8, 4) is 12.3 Å². The molecular weight excluding hydrogens is 172 g/mol. The highest BCUT2D eigenvalue weighted by Gasteiger charge is 1.90. The fourth-order valence-electron chi connectivity index (χ4n) is 1.16. The van der Waals surface area contributed by atoms with Gasteiger partial charge in [0.15, 0.2) is 0 Å². The van der Waals surface area contributed by atoms with E-state index in [9.17, 15) is 0 Å². The summed E-state index contributed by atoms with van der Waals surface area (Å²) >= 11 is 0. The predicted octanol–water partition coefficient (Wildman–Crippen LogP) is 1.84. The van der Waals surface area contributed by atoms with Crippen molar-refractivity contribution in [2.75, 3.05) is 18.5 Å². The number of benzene rings is 1. The van der Waals surface area contributed by atoms with Crippen LogP contribution >= 0.6 is 0 Å². The number of hydrogen-bond acceptors (Lipinski definition) is 2. The third kappa shape index (κ3) is 3.51. The lowest BCUT2D eigenvalue weighted by molar-refractivity contribution is 0.821. The van der Waals surface area contributed by atoms with Crippen LogP contribution in [0, 0.1) is 12.3 Å². The van der Waals surface area contributed by atoms with Gasteiger partial charge in [-0.25, -0.2) is 0 Å². The molecule has 0 bridgehead atoms. The topological polar surface area (TPSA) is 24.1 Å². The van der Waals surface area contributed by atoms with E-state index in [0.29, 0.717) is 13.2 Å². The molecule has 0 aliphatic carbocycles. The molecule has 2 nitrogen and oxygen atoms in total. The van der Waals surface area contributed by atoms with Crippen LogP contribution in [-0.2, 0) is 6.42 Å². The van der Waals surface area contributed by atoms with Crippen molar-refractivity contribution in [2.45, 2.75) is 13.3 Å². The number of aryl methyl sites for hydroxylation is 1. The molecule has 2 heteroatoms. The molecule has 0 amide bonds. The van der Waals surface area contributed by atoms with Gasteiger partial charge in [0.05, 0.1) is 13.2 Å². The molecule has 0 fully saturated rings. The summed E-state index contributed by atoms with van der Waals surface area (Å²) in [4.78, 5) is 0. The molecule has 0 radical (unpaired) electrons. The van der Waals surface area contributed by atoms with Crippen LogP contribution in [0.2, 0.25) is 0 Å². The zero-order valence-corrected chi connectivity index (χ0v) is 8.51. The molecule has 1 aromatic rings. The molecule has 0 spiro atoms. The van der Waals surface area contributed by atoms with Gasteiger partial charge < -0.3 is 5.32 Å². The Morgan fingerprint density at radius 2 is 2.00 bits per heavy atom. The SMILES string of the molecule is C#CCNCNc1ccc(CC)cc1. The molecule has 0 aliphatic heterocycles. The van der Waals surface area contributed by atoms with E-state index in [0.717, 1.165) is 12.1 Å². The molecule has 0 saturated heterocycles. The molecule has 0 atom stereocenters. The molecule has 0 aliphatic rings. The van der Waals surface area contributed by atoms with Crippen molar-refractivity contribution in [1.29, 1.82) is 0 Å². The van der Waals surface area contributed by atoms with Crippen LogP contribution < -0.4 is 10.6 Å². The van der Waals surface area contributed by atoms with Crippen LogP contribution in [0.1, 0.15) is 12.5 Å². The Kier molecular flexibility index (Phi) is 4.60. The average molecular weight is 188 g/mol. The maximum Gasteiger partial charge on any atom is 0.0660 e. The fourth-order valence-corrected chi connectivity index (χ4v) is 1.16. The van der Waals surface area contributed by atoms with E-state index < -0.39 is 0 Å². The summed E-state index contributed by atoms with van der Waals surface area (Å²) in [6.45, 7) is 3.45. The lowest BCUT2D eigenvalue weighted by Gasteiger charge is -2.06. The van der Waals surface area contributed by atoms with E-state index in [-0.39, 0.29) is 0 Å². The summed E-state index contributed by atoms with van der Waals surface area (Å²) < 4.78 is 0. The van der Waals surface area contributed by atoms with Crippen molar-refractivity contribution in [3.63, 3.8) is 0 Å². The molecule has 74 valence electrons. The third-order valence-electron chi connectivity index (χ3n) is 2.01. The summed E-state index contributed by atoms with van der Waals surface area (Å²) in [6.07, 6.45) is 6.18. The summed E-state index contributed by atoms with van der Waals surface area (Å²) in [5.74, 6) is 2.52. The largest absolute Gasteiger partial charge is 0.372 e. The summed E-state index contributed by atoms with van der Waals surface area (Å²) in [5.41, 5.74) is 2.47. The van der Waals surface area contributed by atoms with Gasteiger partial charge in [0.1, 0.15) is 0 Å². The first kappa shape index (κ1) is 10.6. The average Bonchev–Trinajstić information content (AvgIpc) is 2.25. The van der Waals surface area contributed by atoms with Crippen LogP contribution in [0.5, 0.6) is 0 Å². The quantitative estimate of drug-likeness (QED) is 0.418. The van der Waals surface area contributed by atoms with Crippen molar-refractivity contribution in [3.05, 3.63) is 29.8 Å². The van der Waals surface area contributed by atoms with E-state index >= 15 is 0 Å².